The molecule has 0 aliphatic carbocycles. The molecule has 0 aromatic heterocycles. The lowest BCUT2D eigenvalue weighted by Crippen LogP contribution is -2.44. The van der Waals surface area contributed by atoms with Gasteiger partial charge in [-0.2, -0.15) is 0 Å². The lowest BCUT2D eigenvalue weighted by atomic mass is 10.1. The minimum atomic E-state index is -1.62. The number of quaternary nitrogens is 1. The summed E-state index contributed by atoms with van der Waals surface area (Å²) >= 11 is 0. The Kier molecular flexibility index (Phi) is 40.4. The molecule has 0 amide bonds. The van der Waals surface area contributed by atoms with Gasteiger partial charge in [0.1, 0.15) is 13.2 Å². The Labute approximate surface area is 362 Å². The number of hydrogen-bond donors (Lipinski definition) is 0. The van der Waals surface area contributed by atoms with Crippen LogP contribution in [0.5, 0.6) is 0 Å². The van der Waals surface area contributed by atoms with E-state index < -0.39 is 24.3 Å². The van der Waals surface area contributed by atoms with Crippen molar-refractivity contribution < 1.29 is 42.9 Å². The molecule has 0 saturated carbocycles. The van der Waals surface area contributed by atoms with Gasteiger partial charge in [-0.1, -0.05) is 159 Å². The summed E-state index contributed by atoms with van der Waals surface area (Å²) in [6.07, 6.45) is 44.6. The summed E-state index contributed by atoms with van der Waals surface area (Å²) in [5.41, 5.74) is 0. The van der Waals surface area contributed by atoms with Gasteiger partial charge < -0.3 is 33.3 Å². The van der Waals surface area contributed by atoms with Crippen LogP contribution in [0.15, 0.2) is 36.5 Å². The zero-order valence-corrected chi connectivity index (χ0v) is 38.9. The molecule has 0 fully saturated rings. The zero-order chi connectivity index (χ0) is 43.5. The third-order valence-corrected chi connectivity index (χ3v) is 10.4. The molecule has 0 N–H and O–H groups in total. The molecule has 0 heterocycles. The number of aliphatic carboxylic acids is 1. The van der Waals surface area contributed by atoms with Crippen LogP contribution in [-0.4, -0.2) is 82.3 Å². The molecule has 9 heteroatoms. The molecule has 0 aromatic carbocycles. The van der Waals surface area contributed by atoms with Crippen molar-refractivity contribution >= 4 is 17.9 Å². The largest absolute Gasteiger partial charge is 0.545 e. The highest BCUT2D eigenvalue weighted by molar-refractivity contribution is 5.70. The molecule has 9 nitrogen and oxygen atoms in total. The van der Waals surface area contributed by atoms with Gasteiger partial charge in [-0.3, -0.25) is 9.59 Å². The van der Waals surface area contributed by atoms with E-state index in [0.29, 0.717) is 17.4 Å². The van der Waals surface area contributed by atoms with E-state index in [1.165, 1.54) is 116 Å². The summed E-state index contributed by atoms with van der Waals surface area (Å²) in [6.45, 7) is 4.70. The average molecular weight is 834 g/mol. The number of likely N-dealkylation sites (N-methyl/N-ethyl adjacent to an activating group) is 1. The quantitative estimate of drug-likeness (QED) is 0.0196. The van der Waals surface area contributed by atoms with E-state index in [4.69, 9.17) is 18.9 Å². The van der Waals surface area contributed by atoms with Gasteiger partial charge in [-0.05, 0) is 70.6 Å². The highest BCUT2D eigenvalue weighted by Crippen LogP contribution is 2.14. The van der Waals surface area contributed by atoms with E-state index in [2.05, 4.69) is 50.3 Å². The predicted octanol–water partition coefficient (Wildman–Crippen LogP) is 11.7. The molecule has 0 saturated heterocycles. The van der Waals surface area contributed by atoms with Crippen molar-refractivity contribution in [3.8, 4) is 0 Å². The minimum absolute atomic E-state index is 0.145. The Morgan fingerprint density at radius 2 is 0.915 bits per heavy atom. The summed E-state index contributed by atoms with van der Waals surface area (Å²) in [4.78, 5) is 37.0. The number of nitrogens with zero attached hydrogens (tertiary/aromatic N) is 1. The second-order valence-corrected chi connectivity index (χ2v) is 17.4. The molecule has 0 aliphatic heterocycles. The monoisotopic (exact) mass is 834 g/mol. The molecule has 2 atom stereocenters. The molecule has 0 aromatic rings. The van der Waals surface area contributed by atoms with Crippen LogP contribution in [0.3, 0.4) is 0 Å². The Balaban J connectivity index is 4.39. The fraction of sp³-hybridized carbons (Fsp3) is 0.820. The molecular formula is C50H91NO8. The highest BCUT2D eigenvalue weighted by atomic mass is 16.7. The van der Waals surface area contributed by atoms with Crippen molar-refractivity contribution in [2.75, 3.05) is 47.5 Å². The minimum Gasteiger partial charge on any atom is -0.545 e. The molecule has 59 heavy (non-hydrogen) atoms. The van der Waals surface area contributed by atoms with Gasteiger partial charge in [-0.25, -0.2) is 0 Å². The van der Waals surface area contributed by atoms with E-state index in [9.17, 15) is 19.5 Å². The maximum absolute atomic E-state index is 12.8. The maximum Gasteiger partial charge on any atom is 0.306 e. The predicted molar refractivity (Wildman–Crippen MR) is 242 cm³/mol. The van der Waals surface area contributed by atoms with Crippen molar-refractivity contribution in [2.24, 2.45) is 0 Å². The van der Waals surface area contributed by atoms with Crippen molar-refractivity contribution in [3.63, 3.8) is 0 Å². The second-order valence-electron chi connectivity index (χ2n) is 17.4. The standard InChI is InChI=1S/C50H91NO8/c1-6-8-10-12-14-16-18-20-22-23-24-25-27-28-30-32-34-36-38-40-47(52)57-44-46(45-58-50(49(54)55)56-43-42-51(3,4)5)59-48(53)41-39-37-35-33-31-29-26-21-19-17-15-13-11-9-7-2/h15,17,20-22,26,46,50H,6-14,16,18-19,23-25,27-45H2,1-5H3/b17-15-,22-20-,26-21-. The molecule has 0 rings (SSSR count). The first kappa shape index (κ1) is 56.5. The van der Waals surface area contributed by atoms with Crippen molar-refractivity contribution in [2.45, 2.75) is 219 Å². The van der Waals surface area contributed by atoms with Crippen LogP contribution >= 0.6 is 0 Å². The fourth-order valence-corrected chi connectivity index (χ4v) is 6.56. The second kappa shape index (κ2) is 42.2. The van der Waals surface area contributed by atoms with Crippen molar-refractivity contribution in [1.29, 1.82) is 0 Å². The van der Waals surface area contributed by atoms with Crippen molar-refractivity contribution in [1.82, 2.24) is 0 Å². The number of allylic oxidation sites excluding steroid dienone is 6. The van der Waals surface area contributed by atoms with Crippen LogP contribution in [0.1, 0.15) is 206 Å². The Hall–Kier alpha value is -2.49. The van der Waals surface area contributed by atoms with Gasteiger partial charge in [0.15, 0.2) is 12.4 Å². The lowest BCUT2D eigenvalue weighted by molar-refractivity contribution is -0.870. The summed E-state index contributed by atoms with van der Waals surface area (Å²) in [5.74, 6) is -2.30. The zero-order valence-electron chi connectivity index (χ0n) is 38.9. The first-order chi connectivity index (χ1) is 28.6. The smallest absolute Gasteiger partial charge is 0.306 e. The number of carbonyl (C=O) groups is 3. The van der Waals surface area contributed by atoms with Gasteiger partial charge >= 0.3 is 11.9 Å². The number of ether oxygens (including phenoxy) is 4. The number of hydrogen-bond acceptors (Lipinski definition) is 8. The number of unbranched alkanes of at least 4 members (excludes halogenated alkanes) is 23. The van der Waals surface area contributed by atoms with Crippen LogP contribution in [0.2, 0.25) is 0 Å². The Morgan fingerprint density at radius 1 is 0.508 bits per heavy atom. The van der Waals surface area contributed by atoms with Crippen LogP contribution in [0.4, 0.5) is 0 Å². The van der Waals surface area contributed by atoms with E-state index >= 15 is 0 Å². The number of esters is 2. The molecule has 344 valence electrons. The highest BCUT2D eigenvalue weighted by Gasteiger charge is 2.21. The number of carbonyl (C=O) groups excluding carboxylic acids is 3. The van der Waals surface area contributed by atoms with E-state index in [-0.39, 0.29) is 38.6 Å². The number of carboxylic acids is 1. The molecule has 0 spiro atoms. The molecule has 0 radical (unpaired) electrons. The van der Waals surface area contributed by atoms with Gasteiger partial charge in [-0.15, -0.1) is 0 Å². The molecule has 2 unspecified atom stereocenters. The van der Waals surface area contributed by atoms with Crippen molar-refractivity contribution in [3.05, 3.63) is 36.5 Å². The first-order valence-corrected chi connectivity index (χ1v) is 24.1. The van der Waals surface area contributed by atoms with E-state index in [1.54, 1.807) is 0 Å². The van der Waals surface area contributed by atoms with Gasteiger partial charge in [0.05, 0.1) is 40.3 Å². The first-order valence-electron chi connectivity index (χ1n) is 24.1. The molecule has 0 bridgehead atoms. The van der Waals surface area contributed by atoms with Gasteiger partial charge in [0.2, 0.25) is 0 Å². The SMILES string of the molecule is CCCCC/C=C\C/C=C\CCCCCCCC(=O)OC(COC(=O)CCCCCCCCCCC/C=C\CCCCCCCC)COC(OCC[N+](C)(C)C)C(=O)[O-]. The average Bonchev–Trinajstić information content (AvgIpc) is 3.19. The molecule has 0 aliphatic rings. The lowest BCUT2D eigenvalue weighted by Gasteiger charge is -2.26. The van der Waals surface area contributed by atoms with Crippen LogP contribution in [-0.2, 0) is 33.3 Å². The summed E-state index contributed by atoms with van der Waals surface area (Å²) in [7, 11) is 5.90. The fourth-order valence-electron chi connectivity index (χ4n) is 6.56. The van der Waals surface area contributed by atoms with Gasteiger partial charge in [0, 0.05) is 12.8 Å². The third-order valence-electron chi connectivity index (χ3n) is 10.4. The van der Waals surface area contributed by atoms with E-state index in [1.807, 2.05) is 21.1 Å². The van der Waals surface area contributed by atoms with Crippen LogP contribution in [0.25, 0.3) is 0 Å². The topological polar surface area (TPSA) is 111 Å². The summed E-state index contributed by atoms with van der Waals surface area (Å²) < 4.78 is 22.6. The molecular weight excluding hydrogens is 743 g/mol. The van der Waals surface area contributed by atoms with Crippen LogP contribution in [0, 0.1) is 0 Å². The van der Waals surface area contributed by atoms with Gasteiger partial charge in [0.25, 0.3) is 0 Å². The summed E-state index contributed by atoms with van der Waals surface area (Å²) in [6, 6.07) is 0. The summed E-state index contributed by atoms with van der Waals surface area (Å²) in [5, 5.41) is 11.7. The normalized spacial score (nSPS) is 13.2. The van der Waals surface area contributed by atoms with Crippen LogP contribution < -0.4 is 5.11 Å². The number of carboxylic acid groups (broad SMARTS) is 1. The maximum atomic E-state index is 12.8. The van der Waals surface area contributed by atoms with E-state index in [0.717, 1.165) is 57.8 Å². The Morgan fingerprint density at radius 3 is 1.39 bits per heavy atom. The third kappa shape index (κ3) is 43.4. The number of rotatable bonds is 44. The Bertz CT molecular complexity index is 1070.